The predicted octanol–water partition coefficient (Wildman–Crippen LogP) is 3.62. The Morgan fingerprint density at radius 3 is 2.61 bits per heavy atom. The normalized spacial score (nSPS) is 12.2. The predicted molar refractivity (Wildman–Crippen MR) is 75.1 cm³/mol. The van der Waals surface area contributed by atoms with Crippen LogP contribution < -0.4 is 10.5 Å². The summed E-state index contributed by atoms with van der Waals surface area (Å²) in [7, 11) is 0. The van der Waals surface area contributed by atoms with Crippen molar-refractivity contribution in [2.75, 3.05) is 6.26 Å². The van der Waals surface area contributed by atoms with E-state index in [9.17, 15) is 0 Å². The molecule has 0 amide bonds. The van der Waals surface area contributed by atoms with E-state index in [1.165, 1.54) is 0 Å². The van der Waals surface area contributed by atoms with Gasteiger partial charge in [-0.3, -0.25) is 4.98 Å². The van der Waals surface area contributed by atoms with Crippen molar-refractivity contribution in [3.8, 4) is 11.5 Å². The zero-order valence-electron chi connectivity index (χ0n) is 10.5. The highest BCUT2D eigenvalue weighted by molar-refractivity contribution is 7.98. The quantitative estimate of drug-likeness (QED) is 0.853. The van der Waals surface area contributed by atoms with E-state index >= 15 is 0 Å². The van der Waals surface area contributed by atoms with Crippen LogP contribution in [0.2, 0.25) is 0 Å². The number of aromatic nitrogens is 1. The lowest BCUT2D eigenvalue weighted by Gasteiger charge is -2.10. The number of nitrogens with zero attached hydrogens (tertiary/aromatic N) is 1. The number of para-hydroxylation sites is 1. The van der Waals surface area contributed by atoms with Gasteiger partial charge in [0.2, 0.25) is 0 Å². The van der Waals surface area contributed by atoms with Crippen LogP contribution in [-0.2, 0) is 0 Å². The number of thioether (sulfide) groups is 1. The van der Waals surface area contributed by atoms with E-state index in [-0.39, 0.29) is 6.04 Å². The summed E-state index contributed by atoms with van der Waals surface area (Å²) in [6.45, 7) is 1.91. The van der Waals surface area contributed by atoms with Gasteiger partial charge >= 0.3 is 0 Å². The van der Waals surface area contributed by atoms with Crippen LogP contribution in [-0.4, -0.2) is 11.2 Å². The minimum absolute atomic E-state index is 0.0578. The minimum Gasteiger partial charge on any atom is -0.455 e. The molecule has 0 aliphatic carbocycles. The summed E-state index contributed by atoms with van der Waals surface area (Å²) in [6.07, 6.45) is 3.73. The van der Waals surface area contributed by atoms with Crippen molar-refractivity contribution in [3.05, 3.63) is 48.3 Å². The lowest BCUT2D eigenvalue weighted by atomic mass is 10.2. The van der Waals surface area contributed by atoms with E-state index in [1.807, 2.05) is 49.6 Å². The van der Waals surface area contributed by atoms with Gasteiger partial charge in [-0.15, -0.1) is 11.8 Å². The highest BCUT2D eigenvalue weighted by Gasteiger charge is 2.05. The van der Waals surface area contributed by atoms with Crippen molar-refractivity contribution in [2.45, 2.75) is 17.9 Å². The summed E-state index contributed by atoms with van der Waals surface area (Å²) < 4.78 is 5.81. The first-order valence-electron chi connectivity index (χ1n) is 5.73. The van der Waals surface area contributed by atoms with Gasteiger partial charge in [-0.25, -0.2) is 0 Å². The molecule has 1 aromatic carbocycles. The summed E-state index contributed by atoms with van der Waals surface area (Å²) in [5.41, 5.74) is 6.62. The van der Waals surface area contributed by atoms with Crippen molar-refractivity contribution in [1.82, 2.24) is 4.98 Å². The third kappa shape index (κ3) is 3.03. The van der Waals surface area contributed by atoms with Gasteiger partial charge in [0.25, 0.3) is 0 Å². The first-order chi connectivity index (χ1) is 8.70. The smallest absolute Gasteiger partial charge is 0.145 e. The monoisotopic (exact) mass is 260 g/mol. The summed E-state index contributed by atoms with van der Waals surface area (Å²) in [6, 6.07) is 11.7. The van der Waals surface area contributed by atoms with Gasteiger partial charge in [0, 0.05) is 10.9 Å². The lowest BCUT2D eigenvalue weighted by molar-refractivity contribution is 0.468. The van der Waals surface area contributed by atoms with Gasteiger partial charge in [0.15, 0.2) is 0 Å². The fourth-order valence-corrected chi connectivity index (χ4v) is 2.08. The molecule has 2 rings (SSSR count). The molecule has 1 heterocycles. The van der Waals surface area contributed by atoms with Crippen LogP contribution in [0.5, 0.6) is 11.5 Å². The molecule has 0 aliphatic rings. The first kappa shape index (κ1) is 12.9. The van der Waals surface area contributed by atoms with Crippen molar-refractivity contribution >= 4 is 11.8 Å². The van der Waals surface area contributed by atoms with Gasteiger partial charge in [-0.05, 0) is 37.4 Å². The Morgan fingerprint density at radius 2 is 2.00 bits per heavy atom. The van der Waals surface area contributed by atoms with Crippen LogP contribution in [0.4, 0.5) is 0 Å². The largest absolute Gasteiger partial charge is 0.455 e. The molecule has 0 spiro atoms. The van der Waals surface area contributed by atoms with E-state index < -0.39 is 0 Å². The number of ether oxygens (including phenoxy) is 1. The molecule has 18 heavy (non-hydrogen) atoms. The van der Waals surface area contributed by atoms with Crippen LogP contribution in [0.3, 0.4) is 0 Å². The Kier molecular flexibility index (Phi) is 4.23. The molecule has 0 bridgehead atoms. The van der Waals surface area contributed by atoms with Crippen LogP contribution in [0.1, 0.15) is 18.7 Å². The molecule has 3 nitrogen and oxygen atoms in total. The summed E-state index contributed by atoms with van der Waals surface area (Å²) in [4.78, 5) is 5.38. The third-order valence-corrected chi connectivity index (χ3v) is 3.30. The molecule has 94 valence electrons. The first-order valence-corrected chi connectivity index (χ1v) is 6.95. The molecular formula is C14H16N2OS. The maximum Gasteiger partial charge on any atom is 0.145 e. The van der Waals surface area contributed by atoms with Crippen molar-refractivity contribution in [3.63, 3.8) is 0 Å². The Balaban J connectivity index is 2.18. The highest BCUT2D eigenvalue weighted by atomic mass is 32.2. The summed E-state index contributed by atoms with van der Waals surface area (Å²) in [5.74, 6) is 1.57. The van der Waals surface area contributed by atoms with E-state index in [1.54, 1.807) is 18.0 Å². The van der Waals surface area contributed by atoms with E-state index in [0.29, 0.717) is 0 Å². The zero-order valence-corrected chi connectivity index (χ0v) is 11.3. The lowest BCUT2D eigenvalue weighted by Crippen LogP contribution is -2.06. The van der Waals surface area contributed by atoms with Gasteiger partial charge in [-0.2, -0.15) is 0 Å². The number of benzene rings is 1. The highest BCUT2D eigenvalue weighted by Crippen LogP contribution is 2.30. The molecule has 1 unspecified atom stereocenters. The van der Waals surface area contributed by atoms with E-state index in [2.05, 4.69) is 4.98 Å². The Bertz CT molecular complexity index is 511. The molecule has 2 aromatic rings. The van der Waals surface area contributed by atoms with E-state index in [0.717, 1.165) is 22.1 Å². The van der Waals surface area contributed by atoms with Crippen LogP contribution >= 0.6 is 11.8 Å². The number of nitrogens with two attached hydrogens (primary N) is 1. The zero-order chi connectivity index (χ0) is 13.0. The maximum absolute atomic E-state index is 5.81. The average molecular weight is 260 g/mol. The average Bonchev–Trinajstić information content (AvgIpc) is 2.40. The van der Waals surface area contributed by atoms with Gasteiger partial charge < -0.3 is 10.5 Å². The number of pyridine rings is 1. The Hall–Kier alpha value is -1.52. The fraction of sp³-hybridized carbons (Fsp3) is 0.214. The van der Waals surface area contributed by atoms with Crippen LogP contribution in [0, 0.1) is 0 Å². The van der Waals surface area contributed by atoms with Gasteiger partial charge in [0.1, 0.15) is 11.5 Å². The molecule has 1 atom stereocenters. The molecule has 0 saturated heterocycles. The number of hydrogen-bond acceptors (Lipinski definition) is 4. The topological polar surface area (TPSA) is 48.1 Å². The van der Waals surface area contributed by atoms with Crippen molar-refractivity contribution < 1.29 is 4.74 Å². The summed E-state index contributed by atoms with van der Waals surface area (Å²) >= 11 is 1.66. The SMILES string of the molecule is CSc1ccccc1Oc1ccc(C(C)N)nc1. The molecule has 2 N–H and O–H groups in total. The maximum atomic E-state index is 5.81. The van der Waals surface area contributed by atoms with E-state index in [4.69, 9.17) is 10.5 Å². The molecule has 0 radical (unpaired) electrons. The van der Waals surface area contributed by atoms with Gasteiger partial charge in [0.05, 0.1) is 11.9 Å². The minimum atomic E-state index is -0.0578. The molecule has 1 aromatic heterocycles. The molecule has 4 heteroatoms. The molecule has 0 aliphatic heterocycles. The Labute approximate surface area is 111 Å². The third-order valence-electron chi connectivity index (χ3n) is 2.52. The molecule has 0 fully saturated rings. The summed E-state index contributed by atoms with van der Waals surface area (Å²) in [5, 5.41) is 0. The van der Waals surface area contributed by atoms with Crippen LogP contribution in [0.25, 0.3) is 0 Å². The van der Waals surface area contributed by atoms with Gasteiger partial charge in [-0.1, -0.05) is 12.1 Å². The van der Waals surface area contributed by atoms with Crippen LogP contribution in [0.15, 0.2) is 47.5 Å². The molecular weight excluding hydrogens is 244 g/mol. The standard InChI is InChI=1S/C14H16N2OS/c1-10(15)12-8-7-11(9-16-12)17-13-5-3-4-6-14(13)18-2/h3-10H,15H2,1-2H3. The second kappa shape index (κ2) is 5.89. The Morgan fingerprint density at radius 1 is 1.22 bits per heavy atom. The van der Waals surface area contributed by atoms with Crippen molar-refractivity contribution in [1.29, 1.82) is 0 Å². The number of rotatable bonds is 4. The second-order valence-electron chi connectivity index (χ2n) is 3.96. The second-order valence-corrected chi connectivity index (χ2v) is 4.81. The fourth-order valence-electron chi connectivity index (χ4n) is 1.55. The number of hydrogen-bond donors (Lipinski definition) is 1. The molecule has 0 saturated carbocycles. The van der Waals surface area contributed by atoms with Crippen molar-refractivity contribution in [2.24, 2.45) is 5.73 Å².